The Balaban J connectivity index is -0.000000416. The summed E-state index contributed by atoms with van der Waals surface area (Å²) in [5.41, 5.74) is -2.82. The fourth-order valence-corrected chi connectivity index (χ4v) is 4.03. The molecule has 0 saturated heterocycles. The van der Waals surface area contributed by atoms with E-state index in [9.17, 15) is 47.9 Å². The van der Waals surface area contributed by atoms with Crippen molar-refractivity contribution < 1.29 is 73.6 Å². The average molecular weight is 749 g/mol. The fourth-order valence-electron chi connectivity index (χ4n) is 4.03. The number of carbonyl (C=O) groups is 6. The summed E-state index contributed by atoms with van der Waals surface area (Å²) in [7, 11) is 0. The molecule has 4 amide bonds. The number of rotatable bonds is 22. The van der Waals surface area contributed by atoms with E-state index in [1.807, 2.05) is 6.92 Å². The van der Waals surface area contributed by atoms with Crippen LogP contribution in [0.5, 0.6) is 11.5 Å². The number of hydrogen-bond acceptors (Lipinski definition) is 13. The Morgan fingerprint density at radius 2 is 1.00 bits per heavy atom. The summed E-state index contributed by atoms with van der Waals surface area (Å²) in [4.78, 5) is 112. The molecule has 2 rings (SSSR count). The van der Waals surface area contributed by atoms with Gasteiger partial charge in [-0.1, -0.05) is 28.2 Å². The third-order valence-electron chi connectivity index (χ3n) is 6.90. The summed E-state index contributed by atoms with van der Waals surface area (Å²) in [5, 5.41) is 19.0. The zero-order chi connectivity index (χ0) is 36.2. The van der Waals surface area contributed by atoms with Crippen LogP contribution in [-0.4, -0.2) is 65.5 Å². The van der Waals surface area contributed by atoms with Crippen molar-refractivity contribution in [2.75, 3.05) is 19.7 Å². The minimum Gasteiger partial charge on any atom is -0.870 e. The molecule has 0 aromatic heterocycles. The maximum atomic E-state index is 11.8. The average Bonchev–Trinajstić information content (AvgIpc) is 3.05. The molecule has 0 spiro atoms. The van der Waals surface area contributed by atoms with Crippen molar-refractivity contribution in [2.45, 2.75) is 113 Å². The molecule has 6 N–H and O–H groups in total. The van der Waals surface area contributed by atoms with E-state index in [0.29, 0.717) is 38.7 Å². The van der Waals surface area contributed by atoms with Crippen molar-refractivity contribution in [3.8, 4) is 11.5 Å². The molecule has 18 heteroatoms. The van der Waals surface area contributed by atoms with Gasteiger partial charge in [0.15, 0.2) is 23.1 Å². The third kappa shape index (κ3) is 20.7. The molecule has 0 unspecified atom stereocenters. The molecule has 288 valence electrons. The minimum atomic E-state index is -0.929. The Hall–Kier alpha value is -4.06. The van der Waals surface area contributed by atoms with Crippen molar-refractivity contribution in [1.29, 1.82) is 0 Å². The molecule has 0 radical (unpaired) electrons. The first kappa shape index (κ1) is 54.7. The number of aromatic hydroxyl groups is 1. The Kier molecular flexibility index (Phi) is 31.0. The second-order valence-corrected chi connectivity index (χ2v) is 11.0. The second kappa shape index (κ2) is 29.5. The smallest absolute Gasteiger partial charge is 0.870 e. The Morgan fingerprint density at radius 3 is 1.40 bits per heavy atom. The first-order valence-electron chi connectivity index (χ1n) is 15.7. The molecule has 0 atom stereocenters. The summed E-state index contributed by atoms with van der Waals surface area (Å²) in [6.45, 7) is 4.83. The molecular weight excluding hydrogens is 695 g/mol. The number of hydrogen-bond donors (Lipinski definition) is 5. The topological polar surface area (TPSA) is 278 Å². The predicted octanol–water partition coefficient (Wildman–Crippen LogP) is -2.69. The van der Waals surface area contributed by atoms with Crippen molar-refractivity contribution >= 4 is 35.2 Å². The molecule has 2 aromatic rings. The van der Waals surface area contributed by atoms with E-state index in [2.05, 4.69) is 21.3 Å². The zero-order valence-electron chi connectivity index (χ0n) is 29.0. The summed E-state index contributed by atoms with van der Waals surface area (Å²) in [6, 6.07) is 0. The molecule has 0 fully saturated rings. The van der Waals surface area contributed by atoms with E-state index in [4.69, 9.17) is 9.84 Å². The molecule has 0 heterocycles. The molecule has 0 aliphatic heterocycles. The van der Waals surface area contributed by atoms with Gasteiger partial charge in [0.1, 0.15) is 0 Å². The second-order valence-electron chi connectivity index (χ2n) is 11.0. The SMILES string of the molecule is C.C.CC(=O)NCC(=O)CCCCC(=O)NCc1c(O)c(=O)c1=O.CCCCOc1c(CNC(=O)CCCCC(=O)CNC(C)=O)c(=O)c1=O.[Na+].[OH-]. The van der Waals surface area contributed by atoms with Crippen molar-refractivity contribution in [2.24, 2.45) is 0 Å². The molecule has 0 saturated carbocycles. The predicted molar refractivity (Wildman–Crippen MR) is 188 cm³/mol. The van der Waals surface area contributed by atoms with Gasteiger partial charge in [-0.25, -0.2) is 0 Å². The number of amides is 4. The van der Waals surface area contributed by atoms with E-state index >= 15 is 0 Å². The van der Waals surface area contributed by atoms with Gasteiger partial charge < -0.3 is 36.6 Å². The maximum Gasteiger partial charge on any atom is 1.00 e. The molecule has 52 heavy (non-hydrogen) atoms. The van der Waals surface area contributed by atoms with Crippen LogP contribution in [0, 0.1) is 0 Å². The largest absolute Gasteiger partial charge is 1.00 e. The van der Waals surface area contributed by atoms with Gasteiger partial charge in [-0.05, 0) is 32.1 Å². The number of ether oxygens (including phenoxy) is 1. The van der Waals surface area contributed by atoms with Gasteiger partial charge in [0.2, 0.25) is 34.5 Å². The van der Waals surface area contributed by atoms with Crippen LogP contribution in [0.25, 0.3) is 0 Å². The van der Waals surface area contributed by atoms with Crippen molar-refractivity contribution in [3.05, 3.63) is 52.0 Å². The van der Waals surface area contributed by atoms with E-state index in [1.165, 1.54) is 13.8 Å². The van der Waals surface area contributed by atoms with E-state index < -0.39 is 27.5 Å². The Bertz CT molecular complexity index is 1590. The van der Waals surface area contributed by atoms with Gasteiger partial charge in [0.25, 0.3) is 10.9 Å². The monoisotopic (exact) mass is 748 g/mol. The zero-order valence-corrected chi connectivity index (χ0v) is 31.0. The Morgan fingerprint density at radius 1 is 0.596 bits per heavy atom. The van der Waals surface area contributed by atoms with E-state index in [-0.39, 0.29) is 147 Å². The standard InChI is InChI=1S/C18H26N2O6.C14H18N2O6.2CH4.Na.H2O/c1-3-4-9-26-18-14(16(24)17(18)25)11-20-15(23)8-6-5-7-13(22)10-19-12(2)21;1-8(17)15-6-9(18)4-2-3-5-11(19)16-7-10-12(20)14(22)13(10)21;;;;/h3-11H2,1-2H3,(H,19,21)(H,20,23);20H,2-7H2,1H3,(H,15,17)(H,16,19);2*1H4;;1H2/q;;;;+1;/p-1. The van der Waals surface area contributed by atoms with Gasteiger partial charge in [-0.15, -0.1) is 0 Å². The Labute approximate surface area is 325 Å². The van der Waals surface area contributed by atoms with E-state index in [1.54, 1.807) is 0 Å². The van der Waals surface area contributed by atoms with Crippen LogP contribution < -0.4 is 77.3 Å². The number of carbonyl (C=O) groups excluding carboxylic acids is 6. The molecular formula is C34H53N4NaO13. The number of unbranched alkanes of at least 4 members (excludes halogenated alkanes) is 3. The molecule has 0 aliphatic carbocycles. The first-order chi connectivity index (χ1) is 22.7. The van der Waals surface area contributed by atoms with Crippen LogP contribution in [0.4, 0.5) is 0 Å². The molecule has 0 bridgehead atoms. The summed E-state index contributed by atoms with van der Waals surface area (Å²) in [6.07, 6.45) is 4.69. The first-order valence-corrected chi connectivity index (χ1v) is 15.7. The van der Waals surface area contributed by atoms with E-state index in [0.717, 1.165) is 12.8 Å². The van der Waals surface area contributed by atoms with Crippen LogP contribution in [0.1, 0.15) is 111 Å². The van der Waals surface area contributed by atoms with Gasteiger partial charge in [-0.2, -0.15) is 0 Å². The van der Waals surface area contributed by atoms with Crippen LogP contribution >= 0.6 is 0 Å². The fraction of sp³-hybridized carbons (Fsp3) is 0.588. The van der Waals surface area contributed by atoms with Gasteiger partial charge in [0, 0.05) is 39.5 Å². The van der Waals surface area contributed by atoms with Crippen LogP contribution in [0.3, 0.4) is 0 Å². The van der Waals surface area contributed by atoms with Gasteiger partial charge >= 0.3 is 29.6 Å². The molecule has 2 aromatic carbocycles. The van der Waals surface area contributed by atoms with Crippen LogP contribution in [0.2, 0.25) is 0 Å². The van der Waals surface area contributed by atoms with Gasteiger partial charge in [0.05, 0.1) is 43.9 Å². The molecule has 17 nitrogen and oxygen atoms in total. The van der Waals surface area contributed by atoms with Gasteiger partial charge in [-0.3, -0.25) is 47.9 Å². The maximum absolute atomic E-state index is 11.8. The number of ketones is 2. The minimum absolute atomic E-state index is 0. The van der Waals surface area contributed by atoms with Crippen molar-refractivity contribution in [3.63, 3.8) is 0 Å². The summed E-state index contributed by atoms with van der Waals surface area (Å²) in [5.74, 6) is -1.83. The van der Waals surface area contributed by atoms with Crippen molar-refractivity contribution in [1.82, 2.24) is 21.3 Å². The summed E-state index contributed by atoms with van der Waals surface area (Å²) >= 11 is 0. The molecule has 0 aliphatic rings. The summed E-state index contributed by atoms with van der Waals surface area (Å²) < 4.78 is 5.30. The number of nitrogens with one attached hydrogen (secondary N) is 4. The van der Waals surface area contributed by atoms with Crippen LogP contribution in [-0.2, 0) is 41.9 Å². The van der Waals surface area contributed by atoms with Crippen LogP contribution in [0.15, 0.2) is 19.2 Å². The normalized spacial score (nSPS) is 9.67. The third-order valence-corrected chi connectivity index (χ3v) is 6.90. The quantitative estimate of drug-likeness (QED) is 0.0467. The number of Topliss-reactive ketones (excluding diaryl/α,β-unsaturated/α-hetero) is 2.